The van der Waals surface area contributed by atoms with E-state index in [2.05, 4.69) is 11.2 Å². The van der Waals surface area contributed by atoms with Crippen LogP contribution in [0.2, 0.25) is 0 Å². The normalized spacial score (nSPS) is 14.8. The molecule has 3 N–H and O–H groups in total. The lowest BCUT2D eigenvalue weighted by Crippen LogP contribution is -2.15. The first-order valence-electron chi connectivity index (χ1n) is 3.29. The number of carbonyl (C=O) groups is 1. The van der Waals surface area contributed by atoms with Crippen LogP contribution in [0.5, 0.6) is 0 Å². The summed E-state index contributed by atoms with van der Waals surface area (Å²) < 4.78 is 20.1. The lowest BCUT2D eigenvalue weighted by Gasteiger charge is -2.03. The zero-order valence-corrected chi connectivity index (χ0v) is 8.10. The number of carbonyl (C=O) groups excluding carboxylic acids is 1. The Morgan fingerprint density at radius 1 is 1.46 bits per heavy atom. The van der Waals surface area contributed by atoms with Crippen molar-refractivity contribution in [3.63, 3.8) is 0 Å². The Bertz CT molecular complexity index is 439. The summed E-state index contributed by atoms with van der Waals surface area (Å²) in [6, 6.07) is 5.74. The molecule has 0 heterocycles. The Labute approximate surface area is 80.3 Å². The van der Waals surface area contributed by atoms with Gasteiger partial charge >= 0.3 is 0 Å². The minimum Gasteiger partial charge on any atom is -0.366 e. The molecule has 1 amide bonds. The lowest BCUT2D eigenvalue weighted by atomic mass is 10.2. The number of amides is 1. The van der Waals surface area contributed by atoms with Crippen molar-refractivity contribution in [1.82, 2.24) is 0 Å². The molecule has 6 heteroatoms. The van der Waals surface area contributed by atoms with Crippen molar-refractivity contribution in [2.45, 2.75) is 4.90 Å². The van der Waals surface area contributed by atoms with Crippen molar-refractivity contribution in [3.05, 3.63) is 29.8 Å². The summed E-state index contributed by atoms with van der Waals surface area (Å²) in [5.74, 6) is -0.762. The van der Waals surface area contributed by atoms with Gasteiger partial charge in [0.25, 0.3) is 0 Å². The van der Waals surface area contributed by atoms with E-state index >= 15 is 0 Å². The highest BCUT2D eigenvalue weighted by Crippen LogP contribution is 2.14. The fourth-order valence-electron chi connectivity index (χ4n) is 0.895. The van der Waals surface area contributed by atoms with Crippen LogP contribution in [0.25, 0.3) is 0 Å². The molecule has 0 aromatic heterocycles. The van der Waals surface area contributed by atoms with Crippen molar-refractivity contribution in [3.8, 4) is 0 Å². The van der Waals surface area contributed by atoms with Gasteiger partial charge in [-0.05, 0) is 12.1 Å². The van der Waals surface area contributed by atoms with E-state index in [9.17, 15) is 9.00 Å². The Kier molecular flexibility index (Phi) is 2.65. The van der Waals surface area contributed by atoms with Crippen LogP contribution in [0.1, 0.15) is 10.4 Å². The second-order valence-corrected chi connectivity index (χ2v) is 5.08. The minimum absolute atomic E-state index is 0.00926. The van der Waals surface area contributed by atoms with Gasteiger partial charge in [-0.25, -0.2) is 4.21 Å². The molecule has 1 aromatic rings. The van der Waals surface area contributed by atoms with Gasteiger partial charge in [-0.15, -0.1) is 0 Å². The summed E-state index contributed by atoms with van der Waals surface area (Å²) in [5.41, 5.74) is 4.98. The first kappa shape index (κ1) is 10.1. The zero-order chi connectivity index (χ0) is 10.1. The Hall–Kier alpha value is -0.980. The number of rotatable bonds is 2. The van der Waals surface area contributed by atoms with Crippen LogP contribution in [0.15, 0.2) is 29.2 Å². The molecule has 0 bridgehead atoms. The number of primary amides is 1. The van der Waals surface area contributed by atoms with Gasteiger partial charge in [0, 0.05) is 11.2 Å². The molecule has 0 saturated carbocycles. The van der Waals surface area contributed by atoms with Crippen molar-refractivity contribution in [2.24, 2.45) is 5.73 Å². The van der Waals surface area contributed by atoms with Gasteiger partial charge in [-0.1, -0.05) is 12.1 Å². The summed E-state index contributed by atoms with van der Waals surface area (Å²) in [7, 11) is -3.55. The molecule has 1 atom stereocenters. The van der Waals surface area contributed by atoms with E-state index in [0.717, 1.165) is 0 Å². The van der Waals surface area contributed by atoms with Crippen LogP contribution in [0.4, 0.5) is 0 Å². The fraction of sp³-hybridized carbons (Fsp3) is 0. The molecule has 1 unspecified atom stereocenters. The molecule has 1 rings (SSSR count). The summed E-state index contributed by atoms with van der Waals surface area (Å²) in [4.78, 5) is 10.7. The SMILES string of the molecule is NC(=O)c1ccccc1S(=O)(O)=S. The van der Waals surface area contributed by atoms with Crippen molar-refractivity contribution in [2.75, 3.05) is 0 Å². The van der Waals surface area contributed by atoms with E-state index in [1.54, 1.807) is 6.07 Å². The summed E-state index contributed by atoms with van der Waals surface area (Å²) in [5, 5.41) is 0. The second-order valence-electron chi connectivity index (χ2n) is 2.34. The molecule has 4 nitrogen and oxygen atoms in total. The standard InChI is InChI=1S/C7H7NO3S2/c8-7(9)5-3-1-2-4-6(5)13(10,11)12/h1-4H,(H2,8,9)(H,10,11,12). The molecular formula is C7H7NO3S2. The van der Waals surface area contributed by atoms with Crippen LogP contribution in [-0.4, -0.2) is 14.7 Å². The molecule has 0 spiro atoms. The van der Waals surface area contributed by atoms with E-state index in [1.165, 1.54) is 18.2 Å². The van der Waals surface area contributed by atoms with Gasteiger partial charge in [0.05, 0.1) is 10.5 Å². The first-order valence-corrected chi connectivity index (χ1v) is 5.73. The van der Waals surface area contributed by atoms with E-state index in [0.29, 0.717) is 0 Å². The molecule has 0 saturated heterocycles. The van der Waals surface area contributed by atoms with E-state index < -0.39 is 14.7 Å². The Morgan fingerprint density at radius 3 is 2.38 bits per heavy atom. The number of nitrogens with two attached hydrogens (primary N) is 1. The molecule has 1 aromatic carbocycles. The Morgan fingerprint density at radius 2 is 2.00 bits per heavy atom. The lowest BCUT2D eigenvalue weighted by molar-refractivity contribution is 0.0997. The van der Waals surface area contributed by atoms with E-state index in [4.69, 9.17) is 10.3 Å². The number of hydrogen-bond acceptors (Lipinski definition) is 3. The highest BCUT2D eigenvalue weighted by Gasteiger charge is 2.14. The third-order valence-electron chi connectivity index (χ3n) is 1.43. The third kappa shape index (κ3) is 2.24. The largest absolute Gasteiger partial charge is 0.366 e. The molecule has 70 valence electrons. The third-order valence-corrected chi connectivity index (χ3v) is 2.88. The highest BCUT2D eigenvalue weighted by molar-refractivity contribution is 8.29. The van der Waals surface area contributed by atoms with Gasteiger partial charge in [0.15, 0.2) is 8.77 Å². The zero-order valence-electron chi connectivity index (χ0n) is 6.47. The van der Waals surface area contributed by atoms with Crippen LogP contribution in [0, 0.1) is 0 Å². The number of hydrogen-bond donors (Lipinski definition) is 2. The monoisotopic (exact) mass is 217 g/mol. The van der Waals surface area contributed by atoms with Gasteiger partial charge in [-0.3, -0.25) is 4.79 Å². The van der Waals surface area contributed by atoms with Crippen molar-refractivity contribution in [1.29, 1.82) is 0 Å². The fourth-order valence-corrected chi connectivity index (χ4v) is 2.03. The molecule has 0 aliphatic heterocycles. The molecule has 13 heavy (non-hydrogen) atoms. The van der Waals surface area contributed by atoms with Crippen molar-refractivity contribution < 1.29 is 13.6 Å². The van der Waals surface area contributed by atoms with E-state index in [1.807, 2.05) is 0 Å². The molecule has 0 aliphatic carbocycles. The summed E-state index contributed by atoms with van der Waals surface area (Å²) in [6.07, 6.45) is 0. The maximum atomic E-state index is 11.1. The first-order chi connectivity index (χ1) is 5.93. The van der Waals surface area contributed by atoms with Crippen LogP contribution >= 0.6 is 0 Å². The maximum Gasteiger partial charge on any atom is 0.250 e. The molecule has 0 radical (unpaired) electrons. The second kappa shape index (κ2) is 3.41. The summed E-state index contributed by atoms with van der Waals surface area (Å²) >= 11 is 4.33. The van der Waals surface area contributed by atoms with Crippen LogP contribution < -0.4 is 5.73 Å². The minimum atomic E-state index is -3.55. The predicted octanol–water partition coefficient (Wildman–Crippen LogP) is 0.364. The summed E-state index contributed by atoms with van der Waals surface area (Å²) in [6.45, 7) is 0. The van der Waals surface area contributed by atoms with Crippen molar-refractivity contribution >= 4 is 25.9 Å². The van der Waals surface area contributed by atoms with Gasteiger partial charge in [0.2, 0.25) is 5.91 Å². The average Bonchev–Trinajstić information content (AvgIpc) is 2.03. The molecular weight excluding hydrogens is 210 g/mol. The molecule has 0 fully saturated rings. The van der Waals surface area contributed by atoms with Gasteiger partial charge in [0.1, 0.15) is 0 Å². The Balaban J connectivity index is 3.46. The quantitative estimate of drug-likeness (QED) is 0.749. The topological polar surface area (TPSA) is 80.4 Å². The predicted molar refractivity (Wildman–Crippen MR) is 51.4 cm³/mol. The number of benzene rings is 1. The van der Waals surface area contributed by atoms with Crippen LogP contribution in [-0.2, 0) is 20.0 Å². The smallest absolute Gasteiger partial charge is 0.250 e. The average molecular weight is 217 g/mol. The molecule has 0 aliphatic rings. The van der Waals surface area contributed by atoms with Crippen LogP contribution in [0.3, 0.4) is 0 Å². The van der Waals surface area contributed by atoms with E-state index in [-0.39, 0.29) is 10.5 Å². The highest BCUT2D eigenvalue weighted by atomic mass is 32.8. The van der Waals surface area contributed by atoms with Gasteiger partial charge in [-0.2, -0.15) is 0 Å². The van der Waals surface area contributed by atoms with Gasteiger partial charge < -0.3 is 10.3 Å². The maximum absolute atomic E-state index is 11.1.